The summed E-state index contributed by atoms with van der Waals surface area (Å²) in [5, 5.41) is 0.699. The van der Waals surface area contributed by atoms with Crippen LogP contribution in [0.15, 0.2) is 52.4 Å². The van der Waals surface area contributed by atoms with Gasteiger partial charge < -0.3 is 5.73 Å². The Morgan fingerprint density at radius 3 is 2.58 bits per heavy atom. The smallest absolute Gasteiger partial charge is 0.162 e. The highest BCUT2D eigenvalue weighted by Crippen LogP contribution is 2.25. The molecule has 1 aliphatic heterocycles. The van der Waals surface area contributed by atoms with E-state index in [-0.39, 0.29) is 0 Å². The molecule has 0 amide bonds. The third-order valence-electron chi connectivity index (χ3n) is 3.06. The van der Waals surface area contributed by atoms with Crippen molar-refractivity contribution in [2.75, 3.05) is 0 Å². The molecule has 3 rings (SSSR count). The lowest BCUT2D eigenvalue weighted by atomic mass is 10.1. The van der Waals surface area contributed by atoms with Gasteiger partial charge in [-0.25, -0.2) is 9.98 Å². The van der Waals surface area contributed by atoms with Gasteiger partial charge >= 0.3 is 0 Å². The maximum absolute atomic E-state index is 6.10. The van der Waals surface area contributed by atoms with Gasteiger partial charge in [-0.3, -0.25) is 0 Å². The summed E-state index contributed by atoms with van der Waals surface area (Å²) >= 11 is 6.10. The van der Waals surface area contributed by atoms with E-state index in [9.17, 15) is 0 Å². The van der Waals surface area contributed by atoms with Crippen molar-refractivity contribution in [1.29, 1.82) is 0 Å². The first-order valence-electron chi connectivity index (χ1n) is 5.94. The molecular formula is C15H12ClN3. The molecule has 0 bridgehead atoms. The van der Waals surface area contributed by atoms with Crippen molar-refractivity contribution in [1.82, 2.24) is 0 Å². The lowest BCUT2D eigenvalue weighted by Crippen LogP contribution is -2.09. The quantitative estimate of drug-likeness (QED) is 0.847. The van der Waals surface area contributed by atoms with Crippen LogP contribution in [-0.4, -0.2) is 11.7 Å². The maximum atomic E-state index is 6.10. The molecule has 1 aliphatic rings. The van der Waals surface area contributed by atoms with E-state index in [1.54, 1.807) is 0 Å². The molecular weight excluding hydrogens is 258 g/mol. The van der Waals surface area contributed by atoms with Crippen LogP contribution in [0.4, 0.5) is 5.69 Å². The third-order valence-corrected chi connectivity index (χ3v) is 3.47. The molecule has 2 aromatic carbocycles. The van der Waals surface area contributed by atoms with Crippen LogP contribution in [0.3, 0.4) is 0 Å². The Morgan fingerprint density at radius 1 is 1.11 bits per heavy atom. The fraction of sp³-hybridized carbons (Fsp3) is 0.0667. The molecule has 0 radical (unpaired) electrons. The molecule has 94 valence electrons. The Kier molecular flexibility index (Phi) is 2.84. The van der Waals surface area contributed by atoms with Crippen molar-refractivity contribution in [2.24, 2.45) is 15.7 Å². The summed E-state index contributed by atoms with van der Waals surface area (Å²) < 4.78 is 0. The van der Waals surface area contributed by atoms with Crippen LogP contribution in [0.1, 0.15) is 16.7 Å². The molecule has 0 aromatic heterocycles. The largest absolute Gasteiger partial charge is 0.383 e. The minimum Gasteiger partial charge on any atom is -0.383 e. The number of hydrogen-bond acceptors (Lipinski definition) is 2. The van der Waals surface area contributed by atoms with Crippen molar-refractivity contribution in [3.8, 4) is 0 Å². The number of halogens is 1. The van der Waals surface area contributed by atoms with E-state index in [0.29, 0.717) is 16.7 Å². The summed E-state index contributed by atoms with van der Waals surface area (Å²) in [7, 11) is 0. The summed E-state index contributed by atoms with van der Waals surface area (Å²) in [6.07, 6.45) is 0. The lowest BCUT2D eigenvalue weighted by Gasteiger charge is -2.01. The van der Waals surface area contributed by atoms with E-state index in [1.165, 1.54) is 0 Å². The Balaban J connectivity index is 2.08. The molecule has 0 aliphatic carbocycles. The Bertz CT molecular complexity index is 717. The Hall–Kier alpha value is -2.13. The van der Waals surface area contributed by atoms with Crippen LogP contribution >= 0.6 is 11.6 Å². The van der Waals surface area contributed by atoms with E-state index >= 15 is 0 Å². The van der Waals surface area contributed by atoms with Gasteiger partial charge in [0.05, 0.1) is 5.69 Å². The number of aliphatic imine (C=N–C) groups is 2. The number of amidine groups is 2. The molecule has 0 fully saturated rings. The SMILES string of the molecule is Cc1ccc(N=C2N=C(N)c3ccccc32)cc1Cl. The second-order valence-corrected chi connectivity index (χ2v) is 4.82. The zero-order valence-electron chi connectivity index (χ0n) is 10.4. The maximum Gasteiger partial charge on any atom is 0.162 e. The summed E-state index contributed by atoms with van der Waals surface area (Å²) in [6.45, 7) is 1.96. The minimum absolute atomic E-state index is 0.507. The van der Waals surface area contributed by atoms with Gasteiger partial charge in [-0.1, -0.05) is 41.9 Å². The molecule has 1 heterocycles. The second-order valence-electron chi connectivity index (χ2n) is 4.41. The highest BCUT2D eigenvalue weighted by molar-refractivity contribution is 6.31. The second kappa shape index (κ2) is 4.52. The highest BCUT2D eigenvalue weighted by atomic mass is 35.5. The summed E-state index contributed by atoms with van der Waals surface area (Å²) in [6, 6.07) is 13.5. The number of nitrogens with zero attached hydrogens (tertiary/aromatic N) is 2. The van der Waals surface area contributed by atoms with Gasteiger partial charge in [0.15, 0.2) is 5.84 Å². The Morgan fingerprint density at radius 2 is 1.84 bits per heavy atom. The monoisotopic (exact) mass is 269 g/mol. The van der Waals surface area contributed by atoms with E-state index in [2.05, 4.69) is 9.98 Å². The molecule has 4 heteroatoms. The highest BCUT2D eigenvalue weighted by Gasteiger charge is 2.18. The van der Waals surface area contributed by atoms with E-state index < -0.39 is 0 Å². The first-order chi connectivity index (χ1) is 9.15. The first-order valence-corrected chi connectivity index (χ1v) is 6.32. The summed E-state index contributed by atoms with van der Waals surface area (Å²) in [5.41, 5.74) is 9.58. The predicted octanol–water partition coefficient (Wildman–Crippen LogP) is 3.45. The van der Waals surface area contributed by atoms with Crippen LogP contribution in [0, 0.1) is 6.92 Å². The Labute approximate surface area is 116 Å². The van der Waals surface area contributed by atoms with Gasteiger partial charge in [0.2, 0.25) is 0 Å². The topological polar surface area (TPSA) is 50.7 Å². The average molecular weight is 270 g/mol. The van der Waals surface area contributed by atoms with E-state index in [1.807, 2.05) is 49.4 Å². The molecule has 0 saturated carbocycles. The molecule has 0 unspecified atom stereocenters. The van der Waals surface area contributed by atoms with Crippen LogP contribution in [0.5, 0.6) is 0 Å². The molecule has 2 aromatic rings. The number of benzene rings is 2. The minimum atomic E-state index is 0.507. The first kappa shape index (κ1) is 11.9. The van der Waals surface area contributed by atoms with Crippen LogP contribution in [0.2, 0.25) is 5.02 Å². The molecule has 3 nitrogen and oxygen atoms in total. The third kappa shape index (κ3) is 2.13. The van der Waals surface area contributed by atoms with Crippen LogP contribution in [0.25, 0.3) is 0 Å². The predicted molar refractivity (Wildman–Crippen MR) is 79.6 cm³/mol. The standard InChI is InChI=1S/C15H12ClN3/c1-9-6-7-10(8-13(9)16)18-15-12-5-3-2-4-11(12)14(17)19-15/h2-8H,1H3,(H2,17,18,19). The molecule has 19 heavy (non-hydrogen) atoms. The van der Waals surface area contributed by atoms with Crippen molar-refractivity contribution in [2.45, 2.75) is 6.92 Å². The average Bonchev–Trinajstić information content (AvgIpc) is 2.72. The molecule has 2 N–H and O–H groups in total. The lowest BCUT2D eigenvalue weighted by molar-refractivity contribution is 1.42. The van der Waals surface area contributed by atoms with Gasteiger partial charge in [0.25, 0.3) is 0 Å². The zero-order valence-corrected chi connectivity index (χ0v) is 11.1. The fourth-order valence-corrected chi connectivity index (χ4v) is 2.17. The summed E-state index contributed by atoms with van der Waals surface area (Å²) in [4.78, 5) is 8.82. The van der Waals surface area contributed by atoms with E-state index in [4.69, 9.17) is 17.3 Å². The van der Waals surface area contributed by atoms with Crippen molar-refractivity contribution < 1.29 is 0 Å². The van der Waals surface area contributed by atoms with Gasteiger partial charge in [-0.2, -0.15) is 0 Å². The van der Waals surface area contributed by atoms with Crippen molar-refractivity contribution in [3.63, 3.8) is 0 Å². The van der Waals surface area contributed by atoms with Crippen LogP contribution < -0.4 is 5.73 Å². The zero-order chi connectivity index (χ0) is 13.4. The number of aryl methyl sites for hydroxylation is 1. The number of fused-ring (bicyclic) bond motifs is 1. The van der Waals surface area contributed by atoms with Gasteiger partial charge in [-0.15, -0.1) is 0 Å². The fourth-order valence-electron chi connectivity index (χ4n) is 1.99. The number of nitrogens with two attached hydrogens (primary N) is 1. The van der Waals surface area contributed by atoms with Gasteiger partial charge in [0, 0.05) is 16.1 Å². The molecule has 0 atom stereocenters. The van der Waals surface area contributed by atoms with Gasteiger partial charge in [-0.05, 0) is 24.6 Å². The van der Waals surface area contributed by atoms with Gasteiger partial charge in [0.1, 0.15) is 5.84 Å². The van der Waals surface area contributed by atoms with E-state index in [0.717, 1.165) is 22.4 Å². The van der Waals surface area contributed by atoms with Crippen LogP contribution in [-0.2, 0) is 0 Å². The molecule has 0 spiro atoms. The summed E-state index contributed by atoms with van der Waals surface area (Å²) in [5.74, 6) is 1.14. The molecule has 0 saturated heterocycles. The number of hydrogen-bond donors (Lipinski definition) is 1. The normalized spacial score (nSPS) is 15.5. The van der Waals surface area contributed by atoms with Crippen molar-refractivity contribution >= 4 is 29.0 Å². The number of rotatable bonds is 1. The van der Waals surface area contributed by atoms with Crippen molar-refractivity contribution in [3.05, 3.63) is 64.2 Å².